The molecule has 0 aromatic rings. The third kappa shape index (κ3) is 2.21. The maximum atomic E-state index is 12.6. The van der Waals surface area contributed by atoms with E-state index in [0.29, 0.717) is 12.8 Å². The van der Waals surface area contributed by atoms with Crippen molar-refractivity contribution in [3.8, 4) is 0 Å². The smallest absolute Gasteiger partial charge is 0.105 e. The lowest BCUT2D eigenvalue weighted by Gasteiger charge is -2.24. The van der Waals surface area contributed by atoms with E-state index in [1.165, 1.54) is 0 Å². The average molecular weight is 152 g/mol. The molecule has 3 heteroatoms. The molecular weight excluding hydrogens is 138 g/mol. The van der Waals surface area contributed by atoms with Crippen LogP contribution in [0.4, 0.5) is 8.78 Å². The fourth-order valence-electron chi connectivity index (χ4n) is 1.22. The number of hydrogen-bond donors (Lipinski definition) is 0. The van der Waals surface area contributed by atoms with Crippen LogP contribution in [0.3, 0.4) is 0 Å². The zero-order valence-electron chi connectivity index (χ0n) is 6.11. The van der Waals surface area contributed by atoms with Gasteiger partial charge in [-0.05, 0) is 18.8 Å². The molecule has 1 nitrogen and oxygen atoms in total. The number of rotatable bonds is 0. The van der Waals surface area contributed by atoms with Crippen LogP contribution in [0, 0.1) is 5.92 Å². The second kappa shape index (κ2) is 3.86. The van der Waals surface area contributed by atoms with Gasteiger partial charge in [0.15, 0.2) is 0 Å². The van der Waals surface area contributed by atoms with Crippen molar-refractivity contribution in [2.45, 2.75) is 38.5 Å². The molecule has 10 heavy (non-hydrogen) atoms. The van der Waals surface area contributed by atoms with Gasteiger partial charge in [-0.15, -0.1) is 0 Å². The van der Waals surface area contributed by atoms with E-state index in [1.54, 1.807) is 0 Å². The zero-order chi connectivity index (χ0) is 6.85. The normalized spacial score (nSPS) is 40.5. The highest BCUT2D eigenvalue weighted by atomic mass is 19.1. The third-order valence-electron chi connectivity index (χ3n) is 2.03. The van der Waals surface area contributed by atoms with Gasteiger partial charge >= 0.3 is 0 Å². The molecule has 0 amide bonds. The van der Waals surface area contributed by atoms with E-state index in [0.717, 1.165) is 0 Å². The van der Waals surface area contributed by atoms with Gasteiger partial charge < -0.3 is 5.48 Å². The zero-order valence-corrected chi connectivity index (χ0v) is 6.11. The van der Waals surface area contributed by atoms with Crippen LogP contribution in [0.5, 0.6) is 0 Å². The van der Waals surface area contributed by atoms with Gasteiger partial charge in [-0.1, -0.05) is 6.92 Å². The highest BCUT2D eigenvalue weighted by Crippen LogP contribution is 2.28. The Hall–Kier alpha value is -0.180. The van der Waals surface area contributed by atoms with Crippen molar-refractivity contribution in [2.24, 2.45) is 5.92 Å². The van der Waals surface area contributed by atoms with Gasteiger partial charge in [0.2, 0.25) is 0 Å². The van der Waals surface area contributed by atoms with Crippen LogP contribution in [0.2, 0.25) is 0 Å². The van der Waals surface area contributed by atoms with Crippen molar-refractivity contribution in [3.05, 3.63) is 0 Å². The molecule has 3 atom stereocenters. The summed E-state index contributed by atoms with van der Waals surface area (Å²) in [7, 11) is 0. The van der Waals surface area contributed by atoms with E-state index in [4.69, 9.17) is 0 Å². The van der Waals surface area contributed by atoms with Crippen molar-refractivity contribution in [2.75, 3.05) is 0 Å². The van der Waals surface area contributed by atoms with E-state index < -0.39 is 12.3 Å². The Bertz CT molecular complexity index is 97.6. The van der Waals surface area contributed by atoms with Gasteiger partial charge in [-0.2, -0.15) is 0 Å². The minimum atomic E-state index is -0.895. The molecule has 1 aliphatic rings. The van der Waals surface area contributed by atoms with Crippen LogP contribution in [0.1, 0.15) is 26.2 Å². The second-order valence-electron chi connectivity index (χ2n) is 2.90. The highest BCUT2D eigenvalue weighted by Gasteiger charge is 2.26. The molecule has 1 aliphatic carbocycles. The second-order valence-corrected chi connectivity index (χ2v) is 2.90. The lowest BCUT2D eigenvalue weighted by atomic mass is 9.88. The molecule has 0 heterocycles. The van der Waals surface area contributed by atoms with Crippen LogP contribution in [0.25, 0.3) is 0 Å². The number of halogens is 2. The molecule has 0 spiro atoms. The Morgan fingerprint density at radius 3 is 2.20 bits per heavy atom. The summed E-state index contributed by atoms with van der Waals surface area (Å²) in [6.45, 7) is 1.84. The van der Waals surface area contributed by atoms with Crippen LogP contribution in [-0.2, 0) is 0 Å². The summed E-state index contributed by atoms with van der Waals surface area (Å²) in [5.74, 6) is 0.0806. The minimum absolute atomic E-state index is 0. The van der Waals surface area contributed by atoms with Crippen molar-refractivity contribution in [1.82, 2.24) is 0 Å². The largest absolute Gasteiger partial charge is 0.412 e. The van der Waals surface area contributed by atoms with Crippen LogP contribution in [0.15, 0.2) is 0 Å². The summed E-state index contributed by atoms with van der Waals surface area (Å²) in [5.41, 5.74) is 0. The first-order valence-electron chi connectivity index (χ1n) is 3.48. The third-order valence-corrected chi connectivity index (χ3v) is 2.03. The Morgan fingerprint density at radius 2 is 1.80 bits per heavy atom. The van der Waals surface area contributed by atoms with Gasteiger partial charge in [0.1, 0.15) is 12.3 Å². The molecule has 0 aromatic heterocycles. The summed E-state index contributed by atoms with van der Waals surface area (Å²) in [6.07, 6.45) is -0.379. The molecule has 0 bridgehead atoms. The van der Waals surface area contributed by atoms with E-state index in [-0.39, 0.29) is 17.8 Å². The first-order valence-corrected chi connectivity index (χ1v) is 3.48. The molecular formula is C7H14F2O. The van der Waals surface area contributed by atoms with Gasteiger partial charge in [-0.3, -0.25) is 0 Å². The Balaban J connectivity index is 0.000000810. The molecule has 1 saturated carbocycles. The van der Waals surface area contributed by atoms with Gasteiger partial charge in [0, 0.05) is 6.42 Å². The van der Waals surface area contributed by atoms with Gasteiger partial charge in [0.05, 0.1) is 0 Å². The van der Waals surface area contributed by atoms with Crippen molar-refractivity contribution < 1.29 is 14.3 Å². The quantitative estimate of drug-likeness (QED) is 0.505. The Kier molecular flexibility index (Phi) is 3.79. The van der Waals surface area contributed by atoms with E-state index >= 15 is 0 Å². The average Bonchev–Trinajstić information content (AvgIpc) is 1.80. The first-order chi connectivity index (χ1) is 4.20. The molecule has 0 radical (unpaired) electrons. The van der Waals surface area contributed by atoms with Crippen LogP contribution in [-0.4, -0.2) is 17.8 Å². The predicted molar refractivity (Wildman–Crippen MR) is 36.4 cm³/mol. The van der Waals surface area contributed by atoms with Crippen molar-refractivity contribution in [1.29, 1.82) is 0 Å². The maximum Gasteiger partial charge on any atom is 0.105 e. The summed E-state index contributed by atoms with van der Waals surface area (Å²) in [6, 6.07) is 0. The summed E-state index contributed by atoms with van der Waals surface area (Å²) < 4.78 is 25.0. The fraction of sp³-hybridized carbons (Fsp3) is 1.00. The summed E-state index contributed by atoms with van der Waals surface area (Å²) >= 11 is 0. The van der Waals surface area contributed by atoms with Crippen LogP contribution < -0.4 is 0 Å². The lowest BCUT2D eigenvalue weighted by molar-refractivity contribution is 0.111. The predicted octanol–water partition coefficient (Wildman–Crippen LogP) is 1.66. The summed E-state index contributed by atoms with van der Waals surface area (Å²) in [4.78, 5) is 0. The summed E-state index contributed by atoms with van der Waals surface area (Å²) in [5, 5.41) is 0. The Morgan fingerprint density at radius 1 is 1.20 bits per heavy atom. The van der Waals surface area contributed by atoms with Crippen molar-refractivity contribution in [3.63, 3.8) is 0 Å². The lowest BCUT2D eigenvalue weighted by Crippen LogP contribution is -2.24. The van der Waals surface area contributed by atoms with E-state index in [2.05, 4.69) is 0 Å². The molecule has 0 aromatic carbocycles. The fourth-order valence-corrected chi connectivity index (χ4v) is 1.22. The van der Waals surface area contributed by atoms with Crippen LogP contribution >= 0.6 is 0 Å². The molecule has 3 unspecified atom stereocenters. The molecule has 1 rings (SSSR count). The highest BCUT2D eigenvalue weighted by molar-refractivity contribution is 4.76. The Labute approximate surface area is 59.7 Å². The van der Waals surface area contributed by atoms with Crippen molar-refractivity contribution >= 4 is 0 Å². The SMILES string of the molecule is CC1CCC(F)CC1F.O. The monoisotopic (exact) mass is 152 g/mol. The number of hydrogen-bond acceptors (Lipinski definition) is 0. The van der Waals surface area contributed by atoms with E-state index in [9.17, 15) is 8.78 Å². The van der Waals surface area contributed by atoms with Gasteiger partial charge in [0.25, 0.3) is 0 Å². The standard InChI is InChI=1S/C7H12F2.H2O/c1-5-2-3-6(8)4-7(5)9;/h5-7H,2-4H2,1H3;1H2. The molecule has 62 valence electrons. The topological polar surface area (TPSA) is 31.5 Å². The number of alkyl halides is 2. The first kappa shape index (κ1) is 9.82. The molecule has 0 saturated heterocycles. The van der Waals surface area contributed by atoms with Gasteiger partial charge in [-0.25, -0.2) is 8.78 Å². The maximum absolute atomic E-state index is 12.6. The minimum Gasteiger partial charge on any atom is -0.412 e. The van der Waals surface area contributed by atoms with E-state index in [1.807, 2.05) is 6.92 Å². The molecule has 1 fully saturated rings. The molecule has 0 aliphatic heterocycles. The molecule has 2 N–H and O–H groups in total.